The summed E-state index contributed by atoms with van der Waals surface area (Å²) < 4.78 is 19.2. The molecule has 1 aromatic carbocycles. The highest BCUT2D eigenvalue weighted by atomic mass is 35.5. The molecule has 7 heteroatoms. The van der Waals surface area contributed by atoms with Gasteiger partial charge in [0.1, 0.15) is 18.0 Å². The summed E-state index contributed by atoms with van der Waals surface area (Å²) in [6.45, 7) is 0.473. The third kappa shape index (κ3) is 4.35. The van der Waals surface area contributed by atoms with Crippen molar-refractivity contribution in [3.05, 3.63) is 34.6 Å². The second-order valence-electron chi connectivity index (χ2n) is 5.17. The first kappa shape index (κ1) is 17.5. The van der Waals surface area contributed by atoms with Gasteiger partial charge in [0.2, 0.25) is 5.91 Å². The van der Waals surface area contributed by atoms with Crippen LogP contribution in [0.4, 0.5) is 4.39 Å². The van der Waals surface area contributed by atoms with E-state index in [4.69, 9.17) is 16.3 Å². The zero-order valence-corrected chi connectivity index (χ0v) is 13.8. The van der Waals surface area contributed by atoms with E-state index in [1.165, 1.54) is 12.1 Å². The molecule has 1 aromatic rings. The lowest BCUT2D eigenvalue weighted by atomic mass is 10.0. The number of aliphatic hydroxyl groups is 1. The van der Waals surface area contributed by atoms with Crippen LogP contribution >= 0.6 is 23.4 Å². The quantitative estimate of drug-likeness (QED) is 0.830. The molecule has 1 amide bonds. The van der Waals surface area contributed by atoms with Crippen LogP contribution in [-0.4, -0.2) is 41.8 Å². The van der Waals surface area contributed by atoms with Gasteiger partial charge in [0.25, 0.3) is 0 Å². The summed E-state index contributed by atoms with van der Waals surface area (Å²) in [7, 11) is 0. The predicted molar refractivity (Wildman–Crippen MR) is 85.7 cm³/mol. The molecule has 1 saturated heterocycles. The maximum absolute atomic E-state index is 13.6. The van der Waals surface area contributed by atoms with Crippen molar-refractivity contribution >= 4 is 29.3 Å². The minimum Gasteiger partial charge on any atom is -0.383 e. The van der Waals surface area contributed by atoms with E-state index < -0.39 is 23.9 Å². The summed E-state index contributed by atoms with van der Waals surface area (Å²) in [4.78, 5) is 12.0. The largest absolute Gasteiger partial charge is 0.383 e. The Morgan fingerprint density at radius 2 is 2.41 bits per heavy atom. The average Bonchev–Trinajstić information content (AvgIpc) is 2.95. The molecule has 0 aliphatic carbocycles. The molecule has 2 rings (SSSR count). The molecule has 0 saturated carbocycles. The lowest BCUT2D eigenvalue weighted by Gasteiger charge is -2.22. The molecule has 22 heavy (non-hydrogen) atoms. The normalized spacial score (nSPS) is 22.5. The van der Waals surface area contributed by atoms with E-state index in [0.29, 0.717) is 30.8 Å². The van der Waals surface area contributed by atoms with Gasteiger partial charge in [0, 0.05) is 6.61 Å². The van der Waals surface area contributed by atoms with Crippen LogP contribution in [0.3, 0.4) is 0 Å². The van der Waals surface area contributed by atoms with Crippen molar-refractivity contribution in [1.82, 2.24) is 5.32 Å². The van der Waals surface area contributed by atoms with Crippen molar-refractivity contribution in [3.8, 4) is 0 Å². The van der Waals surface area contributed by atoms with E-state index in [1.807, 2.05) is 6.26 Å². The van der Waals surface area contributed by atoms with Gasteiger partial charge in [-0.1, -0.05) is 17.7 Å². The van der Waals surface area contributed by atoms with Crippen LogP contribution in [0.15, 0.2) is 18.2 Å². The lowest BCUT2D eigenvalue weighted by molar-refractivity contribution is -0.130. The number of ether oxygens (including phenoxy) is 1. The van der Waals surface area contributed by atoms with E-state index in [9.17, 15) is 14.3 Å². The Kier molecular flexibility index (Phi) is 6.50. The maximum Gasteiger partial charge on any atom is 0.249 e. The zero-order valence-electron chi connectivity index (χ0n) is 12.2. The van der Waals surface area contributed by atoms with Crippen LogP contribution in [0.2, 0.25) is 5.02 Å². The number of amides is 1. The summed E-state index contributed by atoms with van der Waals surface area (Å²) in [5.41, 5.74) is 0.628. The first-order chi connectivity index (χ1) is 10.5. The van der Waals surface area contributed by atoms with E-state index >= 15 is 0 Å². The Balaban J connectivity index is 2.01. The molecule has 0 spiro atoms. The van der Waals surface area contributed by atoms with Crippen molar-refractivity contribution in [2.24, 2.45) is 0 Å². The second-order valence-corrected chi connectivity index (χ2v) is 6.56. The second kappa shape index (κ2) is 8.15. The topological polar surface area (TPSA) is 58.6 Å². The van der Waals surface area contributed by atoms with Crippen LogP contribution in [0.5, 0.6) is 0 Å². The molecule has 3 atom stereocenters. The third-order valence-electron chi connectivity index (χ3n) is 3.59. The summed E-state index contributed by atoms with van der Waals surface area (Å²) in [5, 5.41) is 12.6. The third-order valence-corrected chi connectivity index (χ3v) is 4.54. The van der Waals surface area contributed by atoms with Gasteiger partial charge in [-0.05, 0) is 42.5 Å². The molecular formula is C15H19ClFNO3S. The molecule has 4 nitrogen and oxygen atoms in total. The molecule has 1 fully saturated rings. The fourth-order valence-corrected chi connectivity index (χ4v) is 2.97. The first-order valence-electron chi connectivity index (χ1n) is 7.07. The van der Waals surface area contributed by atoms with E-state index in [2.05, 4.69) is 5.32 Å². The lowest BCUT2D eigenvalue weighted by Crippen LogP contribution is -2.42. The molecule has 0 aromatic heterocycles. The molecule has 1 unspecified atom stereocenters. The number of halogens is 2. The monoisotopic (exact) mass is 347 g/mol. The average molecular weight is 348 g/mol. The van der Waals surface area contributed by atoms with Gasteiger partial charge in [-0.3, -0.25) is 4.79 Å². The number of rotatable bonds is 6. The summed E-state index contributed by atoms with van der Waals surface area (Å²) >= 11 is 7.25. The number of thioether (sulfide) groups is 1. The molecule has 1 heterocycles. The van der Waals surface area contributed by atoms with Crippen LogP contribution in [0.1, 0.15) is 24.5 Å². The summed E-state index contributed by atoms with van der Waals surface area (Å²) in [6.07, 6.45) is 1.48. The Hall–Kier alpha value is -0.820. The standard InChI is InChI=1S/C15H19ClFNO3S/c1-22-7-5-13(19)15(20)18-12-4-6-21-14(12)9-2-3-10(16)11(17)8-9/h2-3,8,12-14,19H,4-7H2,1H3,(H,18,20)/t12-,13?,14+/m1/s1. The Morgan fingerprint density at radius 3 is 3.09 bits per heavy atom. The van der Waals surface area contributed by atoms with Gasteiger partial charge < -0.3 is 15.2 Å². The highest BCUT2D eigenvalue weighted by molar-refractivity contribution is 7.98. The van der Waals surface area contributed by atoms with Crippen LogP contribution < -0.4 is 5.32 Å². The van der Waals surface area contributed by atoms with Gasteiger partial charge in [0.15, 0.2) is 0 Å². The first-order valence-corrected chi connectivity index (χ1v) is 8.84. The fourth-order valence-electron chi connectivity index (χ4n) is 2.39. The SMILES string of the molecule is CSCCC(O)C(=O)N[C@@H]1CCO[C@H]1c1ccc(Cl)c(F)c1. The number of carbonyl (C=O) groups is 1. The van der Waals surface area contributed by atoms with Crippen molar-refractivity contribution in [3.63, 3.8) is 0 Å². The number of aliphatic hydroxyl groups excluding tert-OH is 1. The smallest absolute Gasteiger partial charge is 0.249 e. The van der Waals surface area contributed by atoms with E-state index in [0.717, 1.165) is 0 Å². The van der Waals surface area contributed by atoms with E-state index in [-0.39, 0.29) is 11.1 Å². The number of carbonyl (C=O) groups excluding carboxylic acids is 1. The van der Waals surface area contributed by atoms with Gasteiger partial charge >= 0.3 is 0 Å². The van der Waals surface area contributed by atoms with E-state index in [1.54, 1.807) is 17.8 Å². The zero-order chi connectivity index (χ0) is 16.1. The highest BCUT2D eigenvalue weighted by Crippen LogP contribution is 2.31. The molecule has 1 aliphatic heterocycles. The summed E-state index contributed by atoms with van der Waals surface area (Å²) in [5.74, 6) is -0.217. The Bertz CT molecular complexity index is 532. The number of benzene rings is 1. The van der Waals surface area contributed by atoms with Crippen molar-refractivity contribution in [2.75, 3.05) is 18.6 Å². The minimum atomic E-state index is -1.03. The van der Waals surface area contributed by atoms with Crippen molar-refractivity contribution in [1.29, 1.82) is 0 Å². The molecule has 2 N–H and O–H groups in total. The highest BCUT2D eigenvalue weighted by Gasteiger charge is 2.32. The van der Waals surface area contributed by atoms with Gasteiger partial charge in [-0.25, -0.2) is 4.39 Å². The van der Waals surface area contributed by atoms with Crippen molar-refractivity contribution < 1.29 is 19.0 Å². The molecule has 122 valence electrons. The Morgan fingerprint density at radius 1 is 1.64 bits per heavy atom. The molecule has 0 bridgehead atoms. The number of hydrogen-bond donors (Lipinski definition) is 2. The predicted octanol–water partition coefficient (Wildman–Crippen LogP) is 2.54. The fraction of sp³-hybridized carbons (Fsp3) is 0.533. The molecule has 0 radical (unpaired) electrons. The number of hydrogen-bond acceptors (Lipinski definition) is 4. The minimum absolute atomic E-state index is 0.0508. The molecule has 1 aliphatic rings. The van der Waals surface area contributed by atoms with Gasteiger partial charge in [0.05, 0.1) is 11.1 Å². The van der Waals surface area contributed by atoms with Crippen LogP contribution in [0, 0.1) is 5.82 Å². The van der Waals surface area contributed by atoms with Crippen LogP contribution in [-0.2, 0) is 9.53 Å². The number of nitrogens with one attached hydrogen (secondary N) is 1. The summed E-state index contributed by atoms with van der Waals surface area (Å²) in [6, 6.07) is 4.20. The van der Waals surface area contributed by atoms with Gasteiger partial charge in [-0.15, -0.1) is 0 Å². The Labute approximate surface area is 138 Å². The van der Waals surface area contributed by atoms with Crippen LogP contribution in [0.25, 0.3) is 0 Å². The van der Waals surface area contributed by atoms with Gasteiger partial charge in [-0.2, -0.15) is 11.8 Å². The molecular weight excluding hydrogens is 329 g/mol. The van der Waals surface area contributed by atoms with Crippen molar-refractivity contribution in [2.45, 2.75) is 31.1 Å². The maximum atomic E-state index is 13.6.